The van der Waals surface area contributed by atoms with Crippen LogP contribution in [-0.4, -0.2) is 20.2 Å². The summed E-state index contributed by atoms with van der Waals surface area (Å²) in [6.07, 6.45) is 3.64. The average Bonchev–Trinajstić information content (AvgIpc) is 3.54. The number of anilines is 1. The van der Waals surface area contributed by atoms with Crippen LogP contribution in [0.3, 0.4) is 0 Å². The third kappa shape index (κ3) is 4.84. The SMILES string of the molecule is O=C(Nc1sc2c(c1C(=O)NCc1ccccc1)CCCC2)c1ccc(S(=O)(=O)c2ccccc2)o1. The van der Waals surface area contributed by atoms with E-state index in [1.807, 2.05) is 30.3 Å². The van der Waals surface area contributed by atoms with Gasteiger partial charge in [-0.05, 0) is 61.1 Å². The van der Waals surface area contributed by atoms with Gasteiger partial charge in [0.15, 0.2) is 5.76 Å². The molecule has 0 unspecified atom stereocenters. The largest absolute Gasteiger partial charge is 0.439 e. The van der Waals surface area contributed by atoms with Crippen molar-refractivity contribution in [1.82, 2.24) is 5.32 Å². The highest BCUT2D eigenvalue weighted by molar-refractivity contribution is 7.91. The van der Waals surface area contributed by atoms with Crippen LogP contribution in [-0.2, 0) is 29.2 Å². The lowest BCUT2D eigenvalue weighted by Crippen LogP contribution is -2.25. The minimum atomic E-state index is -3.89. The smallest absolute Gasteiger partial charge is 0.292 e. The number of hydrogen-bond acceptors (Lipinski definition) is 6. The quantitative estimate of drug-likeness (QED) is 0.347. The minimum Gasteiger partial charge on any atom is -0.439 e. The fourth-order valence-corrected chi connectivity index (χ4v) is 6.70. The summed E-state index contributed by atoms with van der Waals surface area (Å²) in [6.45, 7) is 0.372. The Kier molecular flexibility index (Phi) is 6.75. The number of amides is 2. The molecule has 36 heavy (non-hydrogen) atoms. The van der Waals surface area contributed by atoms with Crippen LogP contribution in [0.5, 0.6) is 0 Å². The van der Waals surface area contributed by atoms with Crippen molar-refractivity contribution >= 4 is 38.0 Å². The zero-order valence-corrected chi connectivity index (χ0v) is 21.0. The van der Waals surface area contributed by atoms with E-state index in [2.05, 4.69) is 10.6 Å². The fraction of sp³-hybridized carbons (Fsp3) is 0.185. The zero-order valence-electron chi connectivity index (χ0n) is 19.3. The molecule has 1 aliphatic rings. The molecule has 1 aliphatic carbocycles. The van der Waals surface area contributed by atoms with Gasteiger partial charge in [-0.1, -0.05) is 48.5 Å². The number of furan rings is 1. The first-order valence-corrected chi connectivity index (χ1v) is 13.9. The second-order valence-electron chi connectivity index (χ2n) is 8.47. The maximum atomic E-state index is 13.2. The maximum absolute atomic E-state index is 13.2. The van der Waals surface area contributed by atoms with E-state index in [-0.39, 0.29) is 21.7 Å². The Bertz CT molecular complexity index is 1510. The lowest BCUT2D eigenvalue weighted by atomic mass is 9.95. The highest BCUT2D eigenvalue weighted by Gasteiger charge is 2.28. The van der Waals surface area contributed by atoms with Crippen molar-refractivity contribution in [3.8, 4) is 0 Å². The summed E-state index contributed by atoms with van der Waals surface area (Å²) in [4.78, 5) is 27.4. The van der Waals surface area contributed by atoms with E-state index in [0.29, 0.717) is 17.1 Å². The van der Waals surface area contributed by atoms with Gasteiger partial charge in [0.1, 0.15) is 5.00 Å². The van der Waals surface area contributed by atoms with Crippen LogP contribution in [0.15, 0.2) is 87.2 Å². The summed E-state index contributed by atoms with van der Waals surface area (Å²) in [6, 6.07) is 20.1. The van der Waals surface area contributed by atoms with Crippen molar-refractivity contribution in [3.63, 3.8) is 0 Å². The lowest BCUT2D eigenvalue weighted by Gasteiger charge is -2.13. The van der Waals surface area contributed by atoms with E-state index < -0.39 is 15.7 Å². The van der Waals surface area contributed by atoms with Crippen LogP contribution in [0, 0.1) is 0 Å². The van der Waals surface area contributed by atoms with E-state index in [1.54, 1.807) is 18.2 Å². The number of fused-ring (bicyclic) bond motifs is 1. The van der Waals surface area contributed by atoms with Gasteiger partial charge in [-0.15, -0.1) is 11.3 Å². The topological polar surface area (TPSA) is 105 Å². The van der Waals surface area contributed by atoms with Gasteiger partial charge < -0.3 is 15.1 Å². The van der Waals surface area contributed by atoms with Crippen LogP contribution in [0.25, 0.3) is 0 Å². The molecule has 0 radical (unpaired) electrons. The highest BCUT2D eigenvalue weighted by atomic mass is 32.2. The van der Waals surface area contributed by atoms with Gasteiger partial charge >= 0.3 is 0 Å². The monoisotopic (exact) mass is 520 g/mol. The number of carbonyl (C=O) groups excluding carboxylic acids is 2. The molecule has 0 saturated carbocycles. The molecule has 0 bridgehead atoms. The third-order valence-corrected chi connectivity index (χ3v) is 8.89. The van der Waals surface area contributed by atoms with Gasteiger partial charge in [0, 0.05) is 11.4 Å². The van der Waals surface area contributed by atoms with E-state index >= 15 is 0 Å². The Morgan fingerprint density at radius 2 is 1.56 bits per heavy atom. The van der Waals surface area contributed by atoms with Crippen LogP contribution in [0.4, 0.5) is 5.00 Å². The predicted molar refractivity (Wildman–Crippen MR) is 137 cm³/mol. The van der Waals surface area contributed by atoms with Gasteiger partial charge in [-0.25, -0.2) is 8.42 Å². The van der Waals surface area contributed by atoms with Crippen molar-refractivity contribution in [2.24, 2.45) is 0 Å². The summed E-state index contributed by atoms with van der Waals surface area (Å²) in [7, 11) is -3.89. The molecular formula is C27H24N2O5S2. The molecule has 0 aliphatic heterocycles. The van der Waals surface area contributed by atoms with Gasteiger partial charge in [-0.2, -0.15) is 0 Å². The maximum Gasteiger partial charge on any atom is 0.292 e. The van der Waals surface area contributed by atoms with Crippen LogP contribution in [0.2, 0.25) is 0 Å². The van der Waals surface area contributed by atoms with Crippen molar-refractivity contribution in [1.29, 1.82) is 0 Å². The molecule has 2 amide bonds. The Hall–Kier alpha value is -3.69. The van der Waals surface area contributed by atoms with Crippen molar-refractivity contribution < 1.29 is 22.4 Å². The second-order valence-corrected chi connectivity index (χ2v) is 11.5. The number of hydrogen-bond donors (Lipinski definition) is 2. The average molecular weight is 521 g/mol. The normalized spacial score (nSPS) is 13.1. The number of nitrogens with one attached hydrogen (secondary N) is 2. The molecule has 0 atom stereocenters. The van der Waals surface area contributed by atoms with Gasteiger partial charge in [-0.3, -0.25) is 9.59 Å². The Morgan fingerprint density at radius 3 is 2.31 bits per heavy atom. The number of rotatable bonds is 7. The summed E-state index contributed by atoms with van der Waals surface area (Å²) in [5.41, 5.74) is 2.42. The third-order valence-electron chi connectivity index (χ3n) is 6.04. The molecule has 2 heterocycles. The Morgan fingerprint density at radius 1 is 0.861 bits per heavy atom. The van der Waals surface area contributed by atoms with E-state index in [4.69, 9.17) is 4.42 Å². The summed E-state index contributed by atoms with van der Waals surface area (Å²) < 4.78 is 31.1. The molecular weight excluding hydrogens is 496 g/mol. The van der Waals surface area contributed by atoms with Gasteiger partial charge in [0.2, 0.25) is 14.9 Å². The molecule has 2 aromatic carbocycles. The minimum absolute atomic E-state index is 0.0783. The number of sulfone groups is 1. The molecule has 0 fully saturated rings. The summed E-state index contributed by atoms with van der Waals surface area (Å²) in [5, 5.41) is 5.89. The first kappa shape index (κ1) is 24.0. The predicted octanol–water partition coefficient (Wildman–Crippen LogP) is 5.24. The van der Waals surface area contributed by atoms with Crippen molar-refractivity contribution in [2.45, 2.75) is 42.2 Å². The van der Waals surface area contributed by atoms with E-state index in [0.717, 1.165) is 41.7 Å². The molecule has 9 heteroatoms. The zero-order chi connectivity index (χ0) is 25.1. The first-order valence-electron chi connectivity index (χ1n) is 11.6. The molecule has 2 N–H and O–H groups in total. The second kappa shape index (κ2) is 10.1. The fourth-order valence-electron chi connectivity index (χ4n) is 4.23. The number of benzene rings is 2. The van der Waals surface area contributed by atoms with Crippen molar-refractivity contribution in [2.75, 3.05) is 5.32 Å². The van der Waals surface area contributed by atoms with Gasteiger partial charge in [0.05, 0.1) is 10.5 Å². The van der Waals surface area contributed by atoms with Crippen LogP contribution >= 0.6 is 11.3 Å². The van der Waals surface area contributed by atoms with E-state index in [9.17, 15) is 18.0 Å². The summed E-state index contributed by atoms with van der Waals surface area (Å²) in [5.74, 6) is -1.01. The highest BCUT2D eigenvalue weighted by Crippen LogP contribution is 2.38. The first-order chi connectivity index (χ1) is 17.4. The molecule has 0 spiro atoms. The van der Waals surface area contributed by atoms with E-state index in [1.165, 1.54) is 35.6 Å². The number of aryl methyl sites for hydroxylation is 1. The Labute approximate surface area is 213 Å². The number of thiophene rings is 1. The van der Waals surface area contributed by atoms with Crippen molar-refractivity contribution in [3.05, 3.63) is 100 Å². The molecule has 7 nitrogen and oxygen atoms in total. The Balaban J connectivity index is 1.38. The van der Waals surface area contributed by atoms with Crippen LogP contribution < -0.4 is 10.6 Å². The molecule has 4 aromatic rings. The number of carbonyl (C=O) groups is 2. The molecule has 5 rings (SSSR count). The molecule has 184 valence electrons. The molecule has 0 saturated heterocycles. The lowest BCUT2D eigenvalue weighted by molar-refractivity contribution is 0.0951. The molecule has 2 aromatic heterocycles. The standard InChI is InChI=1S/C27H24N2O5S2/c30-25(21-15-16-23(34-21)36(32,33)19-11-5-2-6-12-19)29-27-24(20-13-7-8-14-22(20)35-27)26(31)28-17-18-9-3-1-4-10-18/h1-6,9-12,15-16H,7-8,13-14,17H2,(H,28,31)(H,29,30). The van der Waals surface area contributed by atoms with Gasteiger partial charge in [0.25, 0.3) is 11.8 Å². The summed E-state index contributed by atoms with van der Waals surface area (Å²) >= 11 is 1.39. The van der Waals surface area contributed by atoms with Crippen LogP contribution in [0.1, 0.15) is 49.8 Å².